The van der Waals surface area contributed by atoms with Gasteiger partial charge in [-0.2, -0.15) is 26.3 Å². The van der Waals surface area contributed by atoms with E-state index in [0.717, 1.165) is 44.5 Å². The minimum atomic E-state index is -4.67. The molecule has 0 saturated heterocycles. The van der Waals surface area contributed by atoms with Gasteiger partial charge in [0.2, 0.25) is 0 Å². The smallest absolute Gasteiger partial charge is 0.403 e. The number of pyridine rings is 1. The number of aldehydes is 1. The number of halogens is 6. The van der Waals surface area contributed by atoms with E-state index in [2.05, 4.69) is 15.3 Å². The highest BCUT2D eigenvalue weighted by Gasteiger charge is 2.38. The third kappa shape index (κ3) is 18.5. The molecule has 4 N–H and O–H groups in total. The molecule has 1 aliphatic carbocycles. The summed E-state index contributed by atoms with van der Waals surface area (Å²) in [5.41, 5.74) is 5.67. The SMILES string of the molecule is CC(F)(F)F.CN(C)Cc1ccc(N/C(=C/N)C(=Nc2ccncc2)C(F)(F)F)cc1.CO.O=CC1CCCCC1. The molecule has 0 amide bonds. The number of alkyl halides is 6. The molecule has 1 aliphatic rings. The zero-order chi connectivity index (χ0) is 31.5. The fraction of sp³-hybridized carbons (Fsp3) is 0.464. The van der Waals surface area contributed by atoms with Gasteiger partial charge in [0.15, 0.2) is 5.71 Å². The Morgan fingerprint density at radius 1 is 1.02 bits per heavy atom. The zero-order valence-electron chi connectivity index (χ0n) is 23.6. The van der Waals surface area contributed by atoms with Gasteiger partial charge in [0, 0.05) is 50.8 Å². The van der Waals surface area contributed by atoms with Gasteiger partial charge >= 0.3 is 12.4 Å². The first kappa shape index (κ1) is 37.6. The summed E-state index contributed by atoms with van der Waals surface area (Å²) in [5.74, 6) is 0.406. The molecule has 1 aromatic carbocycles. The highest BCUT2D eigenvalue weighted by atomic mass is 19.4. The van der Waals surface area contributed by atoms with Gasteiger partial charge in [0.25, 0.3) is 0 Å². The Morgan fingerprint density at radius 3 is 1.93 bits per heavy atom. The number of carbonyl (C=O) groups is 1. The molecule has 2 aromatic rings. The lowest BCUT2D eigenvalue weighted by Crippen LogP contribution is -2.29. The number of nitrogens with one attached hydrogen (secondary N) is 1. The van der Waals surface area contributed by atoms with E-state index >= 15 is 0 Å². The molecule has 13 heteroatoms. The summed E-state index contributed by atoms with van der Waals surface area (Å²) in [5, 5.41) is 9.69. The number of nitrogens with zero attached hydrogens (tertiary/aromatic N) is 3. The fourth-order valence-electron chi connectivity index (χ4n) is 3.49. The van der Waals surface area contributed by atoms with E-state index in [9.17, 15) is 31.1 Å². The number of aliphatic imine (C=N–C) groups is 1. The molecule has 7 nitrogen and oxygen atoms in total. The van der Waals surface area contributed by atoms with Crippen LogP contribution in [0.25, 0.3) is 0 Å². The summed E-state index contributed by atoms with van der Waals surface area (Å²) >= 11 is 0. The van der Waals surface area contributed by atoms with Crippen molar-refractivity contribution in [1.82, 2.24) is 9.88 Å². The third-order valence-corrected chi connectivity index (χ3v) is 5.17. The van der Waals surface area contributed by atoms with Crippen molar-refractivity contribution in [3.63, 3.8) is 0 Å². The van der Waals surface area contributed by atoms with Crippen molar-refractivity contribution in [2.24, 2.45) is 16.6 Å². The van der Waals surface area contributed by atoms with Crippen LogP contribution in [0.1, 0.15) is 44.6 Å². The van der Waals surface area contributed by atoms with E-state index in [1.807, 2.05) is 31.1 Å². The van der Waals surface area contributed by atoms with Gasteiger partial charge in [-0.15, -0.1) is 0 Å². The quantitative estimate of drug-likeness (QED) is 0.190. The second kappa shape index (κ2) is 19.6. The molecular weight excluding hydrogens is 552 g/mol. The number of allylic oxidation sites excluding steroid dienone is 1. The molecule has 0 bridgehead atoms. The lowest BCUT2D eigenvalue weighted by atomic mass is 9.91. The molecule has 0 unspecified atom stereocenters. The maximum absolute atomic E-state index is 13.5. The number of carbonyl (C=O) groups excluding carboxylic acids is 1. The highest BCUT2D eigenvalue weighted by molar-refractivity contribution is 6.07. The van der Waals surface area contributed by atoms with Crippen molar-refractivity contribution in [3.8, 4) is 0 Å². The van der Waals surface area contributed by atoms with Crippen LogP contribution in [0, 0.1) is 5.92 Å². The molecule has 230 valence electrons. The number of hydrogen-bond donors (Lipinski definition) is 3. The second-order valence-corrected chi connectivity index (χ2v) is 9.12. The Morgan fingerprint density at radius 2 is 1.54 bits per heavy atom. The number of nitrogens with two attached hydrogens (primary N) is 1. The molecule has 0 aliphatic heterocycles. The Hall–Kier alpha value is -3.45. The molecule has 0 spiro atoms. The molecular formula is C28H39F6N5O2. The van der Waals surface area contributed by atoms with Gasteiger partial charge in [0.05, 0.1) is 11.4 Å². The van der Waals surface area contributed by atoms with Crippen LogP contribution in [0.4, 0.5) is 37.7 Å². The molecule has 3 rings (SSSR count). The van der Waals surface area contributed by atoms with Crippen LogP contribution in [0.3, 0.4) is 0 Å². The summed E-state index contributed by atoms with van der Waals surface area (Å²) in [6.45, 7) is 0.921. The lowest BCUT2D eigenvalue weighted by molar-refractivity contribution is -0.112. The van der Waals surface area contributed by atoms with E-state index in [4.69, 9.17) is 10.8 Å². The fourth-order valence-corrected chi connectivity index (χ4v) is 3.49. The predicted octanol–water partition coefficient (Wildman–Crippen LogP) is 6.63. The first-order chi connectivity index (χ1) is 19.2. The minimum absolute atomic E-state index is 0.134. The van der Waals surface area contributed by atoms with Crippen LogP contribution in [-0.2, 0) is 11.3 Å². The van der Waals surface area contributed by atoms with E-state index in [-0.39, 0.29) is 18.3 Å². The topological polar surface area (TPSA) is 104 Å². The molecule has 1 heterocycles. The molecule has 1 fully saturated rings. The summed E-state index contributed by atoms with van der Waals surface area (Å²) in [7, 11) is 4.87. The Labute approximate surface area is 237 Å². The minimum Gasteiger partial charge on any atom is -0.403 e. The Kier molecular flexibility index (Phi) is 17.9. The number of rotatable bonds is 7. The number of aromatic nitrogens is 1. The van der Waals surface area contributed by atoms with Crippen LogP contribution >= 0.6 is 0 Å². The Bertz CT molecular complexity index is 1030. The number of hydrogen-bond acceptors (Lipinski definition) is 7. The van der Waals surface area contributed by atoms with Gasteiger partial charge < -0.3 is 25.9 Å². The van der Waals surface area contributed by atoms with Crippen LogP contribution in [0.2, 0.25) is 0 Å². The predicted molar refractivity (Wildman–Crippen MR) is 150 cm³/mol. The summed E-state index contributed by atoms with van der Waals surface area (Å²) in [6, 6.07) is 9.84. The molecule has 0 atom stereocenters. The number of benzene rings is 1. The first-order valence-corrected chi connectivity index (χ1v) is 12.7. The van der Waals surface area contributed by atoms with Gasteiger partial charge in [-0.05, 0) is 56.8 Å². The van der Waals surface area contributed by atoms with Gasteiger partial charge in [-0.1, -0.05) is 31.4 Å². The summed E-state index contributed by atoms with van der Waals surface area (Å²) in [6.07, 6.45) is 2.20. The summed E-state index contributed by atoms with van der Waals surface area (Å²) < 4.78 is 71.5. The van der Waals surface area contributed by atoms with Gasteiger partial charge in [-0.25, -0.2) is 4.99 Å². The van der Waals surface area contributed by atoms with Crippen molar-refractivity contribution in [2.75, 3.05) is 26.5 Å². The van der Waals surface area contributed by atoms with Crippen molar-refractivity contribution in [1.29, 1.82) is 0 Å². The second-order valence-electron chi connectivity index (χ2n) is 9.12. The van der Waals surface area contributed by atoms with Crippen molar-refractivity contribution in [3.05, 3.63) is 66.3 Å². The van der Waals surface area contributed by atoms with E-state index in [1.54, 1.807) is 12.1 Å². The molecule has 1 aromatic heterocycles. The van der Waals surface area contributed by atoms with Crippen LogP contribution in [0.5, 0.6) is 0 Å². The average Bonchev–Trinajstić information content (AvgIpc) is 2.92. The van der Waals surface area contributed by atoms with E-state index < -0.39 is 18.1 Å². The lowest BCUT2D eigenvalue weighted by Gasteiger charge is -2.16. The van der Waals surface area contributed by atoms with Crippen molar-refractivity contribution < 1.29 is 36.2 Å². The van der Waals surface area contributed by atoms with E-state index in [1.165, 1.54) is 43.8 Å². The molecule has 0 radical (unpaired) electrons. The maximum atomic E-state index is 13.5. The van der Waals surface area contributed by atoms with Crippen LogP contribution < -0.4 is 11.1 Å². The maximum Gasteiger partial charge on any atom is 0.435 e. The van der Waals surface area contributed by atoms with Gasteiger partial charge in [-0.3, -0.25) is 4.98 Å². The monoisotopic (exact) mass is 591 g/mol. The van der Waals surface area contributed by atoms with Gasteiger partial charge in [0.1, 0.15) is 6.29 Å². The van der Waals surface area contributed by atoms with Crippen LogP contribution in [0.15, 0.2) is 65.7 Å². The average molecular weight is 592 g/mol. The number of aliphatic hydroxyl groups excluding tert-OH is 1. The molecule has 41 heavy (non-hydrogen) atoms. The highest BCUT2D eigenvalue weighted by Crippen LogP contribution is 2.26. The van der Waals surface area contributed by atoms with Crippen LogP contribution in [-0.4, -0.2) is 60.5 Å². The van der Waals surface area contributed by atoms with Crippen molar-refractivity contribution in [2.45, 2.75) is 57.9 Å². The third-order valence-electron chi connectivity index (χ3n) is 5.17. The van der Waals surface area contributed by atoms with E-state index in [0.29, 0.717) is 11.6 Å². The summed E-state index contributed by atoms with van der Waals surface area (Å²) in [4.78, 5) is 19.6. The Balaban J connectivity index is 0.000000872. The number of anilines is 1. The number of aliphatic hydroxyl groups is 1. The molecule has 1 saturated carbocycles. The largest absolute Gasteiger partial charge is 0.435 e. The first-order valence-electron chi connectivity index (χ1n) is 12.7. The zero-order valence-corrected chi connectivity index (χ0v) is 23.6. The standard InChI is InChI=1S/C18H20F3N5.C7H12O.C2H3F3.CH4O/c1-26(2)12-13-3-5-14(6-4-13)24-16(11-22)17(18(19,20)21)25-15-7-9-23-10-8-15;8-6-7-4-2-1-3-5-7;1-2(3,4)5;1-2/h3-11,24H,12,22H2,1-2H3;6-7H,1-5H2;1H3;2H,1H3/b16-11+,25-17?;;;. The normalized spacial score (nSPS) is 14.4. The van der Waals surface area contributed by atoms with Crippen molar-refractivity contribution >= 4 is 23.4 Å².